The van der Waals surface area contributed by atoms with Gasteiger partial charge in [0.25, 0.3) is 0 Å². The molecule has 2 heterocycles. The van der Waals surface area contributed by atoms with Crippen LogP contribution in [0.5, 0.6) is 0 Å². The van der Waals surface area contributed by atoms with Crippen molar-refractivity contribution in [2.24, 2.45) is 11.7 Å². The van der Waals surface area contributed by atoms with Gasteiger partial charge in [0, 0.05) is 38.6 Å². The van der Waals surface area contributed by atoms with Crippen LogP contribution in [-0.2, 0) is 11.3 Å². The van der Waals surface area contributed by atoms with E-state index in [4.69, 9.17) is 10.3 Å². The van der Waals surface area contributed by atoms with E-state index >= 15 is 0 Å². The largest absolute Gasteiger partial charge is 0.340 e. The smallest absolute Gasteiger partial charge is 0.227 e. The van der Waals surface area contributed by atoms with Gasteiger partial charge in [0.2, 0.25) is 11.8 Å². The summed E-state index contributed by atoms with van der Waals surface area (Å²) in [6.45, 7) is 7.69. The number of aromatic nitrogens is 2. The second-order valence-electron chi connectivity index (χ2n) is 7.14. The average Bonchev–Trinajstić information content (AvgIpc) is 2.92. The molecule has 0 radical (unpaired) electrons. The van der Waals surface area contributed by atoms with E-state index in [-0.39, 0.29) is 17.4 Å². The SMILES string of the molecule is Cc1nc(CN2CCN(C(=O)C3CCCCC3(C)N)CC2)no1. The lowest BCUT2D eigenvalue weighted by Gasteiger charge is -2.42. The number of amides is 1. The highest BCUT2D eigenvalue weighted by atomic mass is 16.5. The highest BCUT2D eigenvalue weighted by Crippen LogP contribution is 2.33. The molecule has 128 valence electrons. The molecule has 1 aromatic rings. The van der Waals surface area contributed by atoms with Crippen LogP contribution in [0.2, 0.25) is 0 Å². The fraction of sp³-hybridized carbons (Fsp3) is 0.812. The van der Waals surface area contributed by atoms with Crippen LogP contribution in [0.25, 0.3) is 0 Å². The summed E-state index contributed by atoms with van der Waals surface area (Å²) in [7, 11) is 0. The van der Waals surface area contributed by atoms with E-state index in [0.29, 0.717) is 18.3 Å². The molecular formula is C16H27N5O2. The average molecular weight is 321 g/mol. The van der Waals surface area contributed by atoms with Crippen LogP contribution in [0, 0.1) is 12.8 Å². The fourth-order valence-electron chi connectivity index (χ4n) is 3.72. The minimum absolute atomic E-state index is 0.0253. The molecule has 7 heteroatoms. The number of piperazine rings is 1. The van der Waals surface area contributed by atoms with Gasteiger partial charge >= 0.3 is 0 Å². The molecule has 1 aliphatic heterocycles. The maximum atomic E-state index is 12.8. The van der Waals surface area contributed by atoms with Gasteiger partial charge in [-0.25, -0.2) is 0 Å². The summed E-state index contributed by atoms with van der Waals surface area (Å²) in [6.07, 6.45) is 4.11. The second kappa shape index (κ2) is 6.57. The van der Waals surface area contributed by atoms with Gasteiger partial charge in [0.05, 0.1) is 12.5 Å². The third-order valence-electron chi connectivity index (χ3n) is 5.17. The van der Waals surface area contributed by atoms with Gasteiger partial charge in [0.1, 0.15) is 0 Å². The first-order valence-corrected chi connectivity index (χ1v) is 8.55. The summed E-state index contributed by atoms with van der Waals surface area (Å²) in [5.41, 5.74) is 6.02. The van der Waals surface area contributed by atoms with Crippen LogP contribution in [0.4, 0.5) is 0 Å². The second-order valence-corrected chi connectivity index (χ2v) is 7.14. The van der Waals surface area contributed by atoms with Crippen LogP contribution < -0.4 is 5.73 Å². The fourth-order valence-corrected chi connectivity index (χ4v) is 3.72. The van der Waals surface area contributed by atoms with Crippen molar-refractivity contribution in [1.82, 2.24) is 19.9 Å². The van der Waals surface area contributed by atoms with E-state index in [1.165, 1.54) is 0 Å². The Morgan fingerprint density at radius 1 is 1.35 bits per heavy atom. The van der Waals surface area contributed by atoms with E-state index in [1.54, 1.807) is 6.92 Å². The number of nitrogens with zero attached hydrogens (tertiary/aromatic N) is 4. The van der Waals surface area contributed by atoms with E-state index < -0.39 is 0 Å². The van der Waals surface area contributed by atoms with Crippen molar-refractivity contribution in [2.45, 2.75) is 51.6 Å². The monoisotopic (exact) mass is 321 g/mol. The molecule has 2 unspecified atom stereocenters. The molecule has 1 amide bonds. The van der Waals surface area contributed by atoms with Crippen molar-refractivity contribution < 1.29 is 9.32 Å². The van der Waals surface area contributed by atoms with Gasteiger partial charge in [-0.2, -0.15) is 4.98 Å². The van der Waals surface area contributed by atoms with Crippen molar-refractivity contribution in [3.05, 3.63) is 11.7 Å². The summed E-state index contributed by atoms with van der Waals surface area (Å²) < 4.78 is 5.00. The molecule has 0 bridgehead atoms. The van der Waals surface area contributed by atoms with Crippen molar-refractivity contribution >= 4 is 5.91 Å². The normalized spacial score (nSPS) is 29.7. The van der Waals surface area contributed by atoms with Crippen molar-refractivity contribution in [2.75, 3.05) is 26.2 Å². The highest BCUT2D eigenvalue weighted by molar-refractivity contribution is 5.80. The topological polar surface area (TPSA) is 88.5 Å². The van der Waals surface area contributed by atoms with Gasteiger partial charge in [-0.3, -0.25) is 9.69 Å². The molecule has 1 aromatic heterocycles. The lowest BCUT2D eigenvalue weighted by atomic mass is 9.74. The summed E-state index contributed by atoms with van der Waals surface area (Å²) in [4.78, 5) is 21.3. The number of carbonyl (C=O) groups is 1. The molecule has 1 saturated heterocycles. The third kappa shape index (κ3) is 3.72. The molecular weight excluding hydrogens is 294 g/mol. The Morgan fingerprint density at radius 3 is 2.70 bits per heavy atom. The Hall–Kier alpha value is -1.47. The van der Waals surface area contributed by atoms with E-state index in [1.807, 2.05) is 11.8 Å². The Bertz CT molecular complexity index is 548. The Labute approximate surface area is 137 Å². The Morgan fingerprint density at radius 2 is 2.09 bits per heavy atom. The van der Waals surface area contributed by atoms with Crippen molar-refractivity contribution in [1.29, 1.82) is 0 Å². The predicted molar refractivity (Wildman–Crippen MR) is 85.4 cm³/mol. The number of carbonyl (C=O) groups excluding carboxylic acids is 1. The van der Waals surface area contributed by atoms with Crippen molar-refractivity contribution in [3.63, 3.8) is 0 Å². The molecule has 2 aliphatic rings. The molecule has 7 nitrogen and oxygen atoms in total. The minimum atomic E-state index is -0.353. The molecule has 1 aliphatic carbocycles. The number of aryl methyl sites for hydroxylation is 1. The van der Waals surface area contributed by atoms with Gasteiger partial charge in [-0.1, -0.05) is 18.0 Å². The van der Waals surface area contributed by atoms with Gasteiger partial charge in [-0.05, 0) is 19.8 Å². The maximum Gasteiger partial charge on any atom is 0.227 e. The molecule has 0 spiro atoms. The minimum Gasteiger partial charge on any atom is -0.340 e. The van der Waals surface area contributed by atoms with E-state index in [0.717, 1.165) is 51.9 Å². The zero-order chi connectivity index (χ0) is 16.4. The first kappa shape index (κ1) is 16.4. The lowest BCUT2D eigenvalue weighted by molar-refractivity contribution is -0.140. The highest BCUT2D eigenvalue weighted by Gasteiger charge is 2.40. The molecule has 3 rings (SSSR count). The molecule has 2 N–H and O–H groups in total. The summed E-state index contributed by atoms with van der Waals surface area (Å²) in [6, 6.07) is 0. The summed E-state index contributed by atoms with van der Waals surface area (Å²) in [5, 5.41) is 3.93. The number of hydrogen-bond donors (Lipinski definition) is 1. The Balaban J connectivity index is 1.53. The van der Waals surface area contributed by atoms with Gasteiger partial charge in [0.15, 0.2) is 5.82 Å². The molecule has 0 aromatic carbocycles. The zero-order valence-corrected chi connectivity index (χ0v) is 14.1. The molecule has 23 heavy (non-hydrogen) atoms. The number of rotatable bonds is 3. The van der Waals surface area contributed by atoms with Crippen LogP contribution in [0.3, 0.4) is 0 Å². The molecule has 2 atom stereocenters. The lowest BCUT2D eigenvalue weighted by Crippen LogP contribution is -2.57. The van der Waals surface area contributed by atoms with E-state index in [2.05, 4.69) is 15.0 Å². The van der Waals surface area contributed by atoms with Crippen LogP contribution in [0.1, 0.15) is 44.3 Å². The van der Waals surface area contributed by atoms with Crippen molar-refractivity contribution in [3.8, 4) is 0 Å². The van der Waals surface area contributed by atoms with Crippen LogP contribution in [0.15, 0.2) is 4.52 Å². The molecule has 1 saturated carbocycles. The first-order chi connectivity index (χ1) is 11.0. The summed E-state index contributed by atoms with van der Waals surface area (Å²) in [5.74, 6) is 1.52. The van der Waals surface area contributed by atoms with E-state index in [9.17, 15) is 4.79 Å². The third-order valence-corrected chi connectivity index (χ3v) is 5.17. The summed E-state index contributed by atoms with van der Waals surface area (Å²) >= 11 is 0. The Kier molecular flexibility index (Phi) is 4.68. The van der Waals surface area contributed by atoms with Gasteiger partial charge in [-0.15, -0.1) is 0 Å². The van der Waals surface area contributed by atoms with Crippen LogP contribution in [-0.4, -0.2) is 57.6 Å². The first-order valence-electron chi connectivity index (χ1n) is 8.55. The molecule has 2 fully saturated rings. The van der Waals surface area contributed by atoms with Crippen LogP contribution >= 0.6 is 0 Å². The maximum absolute atomic E-state index is 12.8. The quantitative estimate of drug-likeness (QED) is 0.891. The zero-order valence-electron chi connectivity index (χ0n) is 14.1. The van der Waals surface area contributed by atoms with Gasteiger partial charge < -0.3 is 15.2 Å². The number of hydrogen-bond acceptors (Lipinski definition) is 6. The predicted octanol–water partition coefficient (Wildman–Crippen LogP) is 0.930. The number of nitrogens with two attached hydrogens (primary N) is 1. The standard InChI is InChI=1S/C16H27N5O2/c1-12-18-14(19-23-12)11-20-7-9-21(10-8-20)15(22)13-5-3-4-6-16(13,2)17/h13H,3-11,17H2,1-2H3.